The number of ether oxygens (including phenoxy) is 2. The SMILES string of the molecule is CNc1ncccc1CN1C[C@H]2C[C@@H](Oc3ccccc3OC)[C@H](O)C[C@H]2C1. The smallest absolute Gasteiger partial charge is 0.161 e. The number of aromatic nitrogens is 1. The molecule has 0 amide bonds. The van der Waals surface area contributed by atoms with Crippen LogP contribution in [0.25, 0.3) is 0 Å². The molecular weight excluding hydrogens is 354 g/mol. The number of benzene rings is 1. The van der Waals surface area contributed by atoms with Gasteiger partial charge in [0.15, 0.2) is 11.5 Å². The molecule has 0 unspecified atom stereocenters. The second-order valence-electron chi connectivity index (χ2n) is 7.82. The summed E-state index contributed by atoms with van der Waals surface area (Å²) in [6, 6.07) is 11.8. The third-order valence-electron chi connectivity index (χ3n) is 6.03. The number of anilines is 1. The van der Waals surface area contributed by atoms with Crippen LogP contribution in [0.4, 0.5) is 5.82 Å². The van der Waals surface area contributed by atoms with E-state index in [-0.39, 0.29) is 6.10 Å². The Balaban J connectivity index is 1.41. The number of fused-ring (bicyclic) bond motifs is 1. The first-order valence-electron chi connectivity index (χ1n) is 9.99. The van der Waals surface area contributed by atoms with Gasteiger partial charge in [0.2, 0.25) is 0 Å². The molecule has 2 heterocycles. The first-order valence-corrected chi connectivity index (χ1v) is 9.99. The van der Waals surface area contributed by atoms with Crippen LogP contribution < -0.4 is 14.8 Å². The fourth-order valence-electron chi connectivity index (χ4n) is 4.65. The lowest BCUT2D eigenvalue weighted by Crippen LogP contribution is -2.42. The molecule has 150 valence electrons. The lowest BCUT2D eigenvalue weighted by Gasteiger charge is -2.35. The number of rotatable bonds is 6. The number of hydrogen-bond acceptors (Lipinski definition) is 6. The molecule has 1 aliphatic carbocycles. The molecule has 1 saturated carbocycles. The first kappa shape index (κ1) is 19.0. The molecule has 1 aromatic heterocycles. The van der Waals surface area contributed by atoms with Crippen molar-refractivity contribution in [2.75, 3.05) is 32.6 Å². The summed E-state index contributed by atoms with van der Waals surface area (Å²) in [5.74, 6) is 3.41. The molecule has 28 heavy (non-hydrogen) atoms. The fraction of sp³-hybridized carbons (Fsp3) is 0.500. The minimum Gasteiger partial charge on any atom is -0.493 e. The minimum atomic E-state index is -0.447. The Bertz CT molecular complexity index is 800. The van der Waals surface area contributed by atoms with Gasteiger partial charge in [-0.05, 0) is 42.9 Å². The van der Waals surface area contributed by atoms with E-state index in [1.165, 1.54) is 5.56 Å². The third kappa shape index (κ3) is 3.93. The van der Waals surface area contributed by atoms with Crippen molar-refractivity contribution >= 4 is 5.82 Å². The number of aliphatic hydroxyl groups is 1. The lowest BCUT2D eigenvalue weighted by molar-refractivity contribution is -0.0240. The fourth-order valence-corrected chi connectivity index (χ4v) is 4.65. The van der Waals surface area contributed by atoms with Crippen molar-refractivity contribution in [3.8, 4) is 11.5 Å². The van der Waals surface area contributed by atoms with Crippen LogP contribution in [0.5, 0.6) is 11.5 Å². The molecule has 0 radical (unpaired) electrons. The molecule has 0 spiro atoms. The van der Waals surface area contributed by atoms with E-state index in [1.807, 2.05) is 43.6 Å². The highest BCUT2D eigenvalue weighted by Gasteiger charge is 2.42. The van der Waals surface area contributed by atoms with E-state index in [1.54, 1.807) is 7.11 Å². The van der Waals surface area contributed by atoms with Crippen molar-refractivity contribution in [3.63, 3.8) is 0 Å². The molecule has 6 heteroatoms. The van der Waals surface area contributed by atoms with Crippen LogP contribution in [0, 0.1) is 11.8 Å². The van der Waals surface area contributed by atoms with Gasteiger partial charge in [-0.1, -0.05) is 18.2 Å². The summed E-state index contributed by atoms with van der Waals surface area (Å²) >= 11 is 0. The van der Waals surface area contributed by atoms with Gasteiger partial charge in [-0.3, -0.25) is 4.90 Å². The molecule has 6 nitrogen and oxygen atoms in total. The quantitative estimate of drug-likeness (QED) is 0.800. The number of para-hydroxylation sites is 2. The van der Waals surface area contributed by atoms with Gasteiger partial charge in [0.1, 0.15) is 11.9 Å². The molecule has 2 N–H and O–H groups in total. The lowest BCUT2D eigenvalue weighted by atomic mass is 9.78. The van der Waals surface area contributed by atoms with Crippen LogP contribution in [0.2, 0.25) is 0 Å². The standard InChI is InChI=1S/C22H29N3O3/c1-23-22-15(6-5-9-24-22)12-25-13-16-10-18(26)21(11-17(16)14-25)28-20-8-4-3-7-19(20)27-2/h3-9,16-18,21,26H,10-14H2,1-2H3,(H,23,24)/t16-,17+,18+,21+/m0/s1. The number of aliphatic hydroxyl groups excluding tert-OH is 1. The van der Waals surface area contributed by atoms with Crippen molar-refractivity contribution in [2.24, 2.45) is 11.8 Å². The number of nitrogens with one attached hydrogen (secondary N) is 1. The molecule has 1 saturated heterocycles. The monoisotopic (exact) mass is 383 g/mol. The third-order valence-corrected chi connectivity index (χ3v) is 6.03. The Hall–Kier alpha value is -2.31. The van der Waals surface area contributed by atoms with Gasteiger partial charge >= 0.3 is 0 Å². The summed E-state index contributed by atoms with van der Waals surface area (Å²) in [7, 11) is 3.55. The van der Waals surface area contributed by atoms with Gasteiger partial charge in [0.25, 0.3) is 0 Å². The zero-order chi connectivity index (χ0) is 19.5. The van der Waals surface area contributed by atoms with E-state index in [4.69, 9.17) is 9.47 Å². The highest BCUT2D eigenvalue weighted by molar-refractivity contribution is 5.43. The maximum absolute atomic E-state index is 10.7. The molecule has 2 fully saturated rings. The Morgan fingerprint density at radius 1 is 1.11 bits per heavy atom. The van der Waals surface area contributed by atoms with Crippen LogP contribution in [0.3, 0.4) is 0 Å². The zero-order valence-corrected chi connectivity index (χ0v) is 16.5. The van der Waals surface area contributed by atoms with E-state index in [9.17, 15) is 5.11 Å². The van der Waals surface area contributed by atoms with E-state index >= 15 is 0 Å². The maximum atomic E-state index is 10.7. The molecular formula is C22H29N3O3. The number of likely N-dealkylation sites (tertiary alicyclic amines) is 1. The molecule has 1 aliphatic heterocycles. The van der Waals surface area contributed by atoms with Crippen molar-refractivity contribution in [1.82, 2.24) is 9.88 Å². The number of methoxy groups -OCH3 is 1. The summed E-state index contributed by atoms with van der Waals surface area (Å²) in [5.41, 5.74) is 1.21. The summed E-state index contributed by atoms with van der Waals surface area (Å²) in [5, 5.41) is 13.9. The molecule has 2 aliphatic rings. The van der Waals surface area contributed by atoms with Crippen molar-refractivity contribution in [2.45, 2.75) is 31.6 Å². The van der Waals surface area contributed by atoms with Crippen LogP contribution >= 0.6 is 0 Å². The largest absolute Gasteiger partial charge is 0.493 e. The average Bonchev–Trinajstić information content (AvgIpc) is 3.10. The van der Waals surface area contributed by atoms with E-state index < -0.39 is 6.10 Å². The number of nitrogens with zero attached hydrogens (tertiary/aromatic N) is 2. The molecule has 4 atom stereocenters. The maximum Gasteiger partial charge on any atom is 0.161 e. The van der Waals surface area contributed by atoms with Crippen LogP contribution in [-0.2, 0) is 6.54 Å². The summed E-state index contributed by atoms with van der Waals surface area (Å²) in [6.45, 7) is 2.92. The summed E-state index contributed by atoms with van der Waals surface area (Å²) in [4.78, 5) is 6.89. The molecule has 1 aromatic carbocycles. The van der Waals surface area contributed by atoms with Crippen LogP contribution in [0.1, 0.15) is 18.4 Å². The number of pyridine rings is 1. The summed E-state index contributed by atoms with van der Waals surface area (Å²) in [6.07, 6.45) is 2.83. The van der Waals surface area contributed by atoms with Crippen molar-refractivity contribution in [3.05, 3.63) is 48.2 Å². The topological polar surface area (TPSA) is 66.9 Å². The highest BCUT2D eigenvalue weighted by Crippen LogP contribution is 2.39. The number of hydrogen-bond donors (Lipinski definition) is 2. The Kier molecular flexibility index (Phi) is 5.69. The molecule has 4 rings (SSSR count). The van der Waals surface area contributed by atoms with Crippen molar-refractivity contribution < 1.29 is 14.6 Å². The molecule has 0 bridgehead atoms. The second kappa shape index (κ2) is 8.37. The van der Waals surface area contributed by atoms with Crippen LogP contribution in [0.15, 0.2) is 42.6 Å². The van der Waals surface area contributed by atoms with Gasteiger partial charge in [-0.25, -0.2) is 4.98 Å². The predicted octanol–water partition coefficient (Wildman–Crippen LogP) is 2.78. The van der Waals surface area contributed by atoms with Gasteiger partial charge in [-0.2, -0.15) is 0 Å². The van der Waals surface area contributed by atoms with E-state index in [2.05, 4.69) is 21.3 Å². The van der Waals surface area contributed by atoms with Gasteiger partial charge in [0.05, 0.1) is 13.2 Å². The predicted molar refractivity (Wildman–Crippen MR) is 109 cm³/mol. The Morgan fingerprint density at radius 3 is 2.61 bits per heavy atom. The zero-order valence-electron chi connectivity index (χ0n) is 16.5. The van der Waals surface area contributed by atoms with Crippen LogP contribution in [-0.4, -0.2) is 54.4 Å². The van der Waals surface area contributed by atoms with Crippen molar-refractivity contribution in [1.29, 1.82) is 0 Å². The average molecular weight is 383 g/mol. The van der Waals surface area contributed by atoms with E-state index in [0.29, 0.717) is 23.3 Å². The first-order chi connectivity index (χ1) is 13.7. The second-order valence-corrected chi connectivity index (χ2v) is 7.82. The highest BCUT2D eigenvalue weighted by atomic mass is 16.5. The molecule has 2 aromatic rings. The van der Waals surface area contributed by atoms with Gasteiger partial charge in [-0.15, -0.1) is 0 Å². The summed E-state index contributed by atoms with van der Waals surface area (Å²) < 4.78 is 11.6. The normalized spacial score (nSPS) is 27.2. The van der Waals surface area contributed by atoms with E-state index in [0.717, 1.165) is 38.3 Å². The van der Waals surface area contributed by atoms with Gasteiger partial charge < -0.3 is 19.9 Å². The minimum absolute atomic E-state index is 0.191. The Morgan fingerprint density at radius 2 is 1.86 bits per heavy atom. The van der Waals surface area contributed by atoms with Gasteiger partial charge in [0, 0.05) is 38.4 Å². The Labute approximate surface area is 166 Å².